The number of Topliss-reactive ketones (excluding diaryl/α,β-unsaturated/α-hetero) is 1. The first-order valence-electron chi connectivity index (χ1n) is 24.4. The molecule has 1 saturated heterocycles. The minimum atomic E-state index is -1.75. The van der Waals surface area contributed by atoms with E-state index in [1.165, 1.54) is 88.2 Å². The van der Waals surface area contributed by atoms with Crippen molar-refractivity contribution in [2.45, 2.75) is 200 Å². The molecule has 0 spiro atoms. The largest absolute Gasteiger partial charge is 0.386 e. The lowest BCUT2D eigenvalue weighted by Crippen LogP contribution is -2.43. The van der Waals surface area contributed by atoms with Crippen LogP contribution in [0.3, 0.4) is 0 Å². The van der Waals surface area contributed by atoms with Crippen molar-refractivity contribution in [2.24, 2.45) is 23.7 Å². The number of rotatable bonds is 18. The Morgan fingerprint density at radius 1 is 0.839 bits per heavy atom. The number of nitrogens with one attached hydrogen (secondary N) is 3. The topological polar surface area (TPSA) is 68.9 Å². The van der Waals surface area contributed by atoms with Gasteiger partial charge in [-0.3, -0.25) is 5.01 Å². The molecular formula is C51H100F3N5O2S. The highest BCUT2D eigenvalue weighted by atomic mass is 32.1. The number of hydrazine groups is 1. The molecular weight excluding hydrogens is 804 g/mol. The van der Waals surface area contributed by atoms with Crippen LogP contribution in [0.4, 0.5) is 24.5 Å². The Bertz CT molecular complexity index is 1220. The second-order valence-corrected chi connectivity index (χ2v) is 17.3. The van der Waals surface area contributed by atoms with E-state index in [4.69, 9.17) is 4.94 Å². The van der Waals surface area contributed by atoms with Crippen LogP contribution in [-0.2, 0) is 16.2 Å². The molecule has 0 bridgehead atoms. The first-order chi connectivity index (χ1) is 29.7. The van der Waals surface area contributed by atoms with Gasteiger partial charge in [-0.2, -0.15) is 10.4 Å². The summed E-state index contributed by atoms with van der Waals surface area (Å²) in [5.74, 6) is 3.70. The van der Waals surface area contributed by atoms with Gasteiger partial charge in [-0.15, -0.1) is 11.3 Å². The van der Waals surface area contributed by atoms with Crippen molar-refractivity contribution in [3.63, 3.8) is 0 Å². The zero-order chi connectivity index (χ0) is 48.3. The standard InChI is InChI=1S/C15H31N.C13H23N3OS.C8H10FN.C7H14O.C3H8.2C2H6.CH2F2/c1-5-6-14(8-7-13(2)3)15-9-11-16(4)12-10-15;1-3-5-12(6-4-2)14-17-15-16-8-7-11-9-18-10-13(11)16;1-6-3-4-8(10-2)7(9)5-6;1-6(2)4-5-7(3)8;1-3-2;2*1-2;2-1-3/h13-15H,5-12H2,1-4H3;9-10,12,14-15H,3-8H2,1-2H3;3-5,10H,1-2H3;6H,4-5H2,1-3H3;3H2,1-2H3;2*1-2H3;1H2. The van der Waals surface area contributed by atoms with Crippen LogP contribution in [0.2, 0.25) is 0 Å². The average Bonchev–Trinajstić information content (AvgIpc) is 3.87. The quantitative estimate of drug-likeness (QED) is 0.129. The first kappa shape index (κ1) is 66.4. The third kappa shape index (κ3) is 37.2. The number of benzene rings is 1. The maximum Gasteiger partial charge on any atom is 0.229 e. The van der Waals surface area contributed by atoms with Crippen molar-refractivity contribution in [1.29, 1.82) is 0 Å². The molecule has 368 valence electrons. The number of ketones is 1. The minimum Gasteiger partial charge on any atom is -0.386 e. The summed E-state index contributed by atoms with van der Waals surface area (Å²) in [6, 6.07) is 5.54. The normalized spacial score (nSPS) is 13.4. The van der Waals surface area contributed by atoms with Gasteiger partial charge in [-0.1, -0.05) is 140 Å². The Hall–Kier alpha value is -2.18. The molecule has 2 aliphatic rings. The molecule has 1 aromatic carbocycles. The number of alkyl halides is 2. The Balaban J connectivity index is -0.000000349. The molecule has 0 saturated carbocycles. The van der Waals surface area contributed by atoms with Gasteiger partial charge in [0.25, 0.3) is 0 Å². The molecule has 2 aliphatic heterocycles. The van der Waals surface area contributed by atoms with Crippen molar-refractivity contribution in [3.05, 3.63) is 45.9 Å². The highest BCUT2D eigenvalue weighted by Crippen LogP contribution is 2.32. The molecule has 0 aliphatic carbocycles. The lowest BCUT2D eigenvalue weighted by molar-refractivity contribution is -0.117. The van der Waals surface area contributed by atoms with E-state index < -0.39 is 6.93 Å². The van der Waals surface area contributed by atoms with Crippen molar-refractivity contribution in [2.75, 3.05) is 51.0 Å². The maximum absolute atomic E-state index is 12.8. The molecule has 1 atom stereocenters. The van der Waals surface area contributed by atoms with Crippen LogP contribution >= 0.6 is 11.3 Å². The number of aryl methyl sites for hydroxylation is 1. The Labute approximate surface area is 386 Å². The third-order valence-electron chi connectivity index (χ3n) is 9.94. The van der Waals surface area contributed by atoms with Crippen molar-refractivity contribution >= 4 is 28.5 Å². The summed E-state index contributed by atoms with van der Waals surface area (Å²) >= 11 is 1.74. The minimum absolute atomic E-state index is 0.192. The van der Waals surface area contributed by atoms with Gasteiger partial charge in [0.05, 0.1) is 11.4 Å². The van der Waals surface area contributed by atoms with Crippen LogP contribution in [-0.4, -0.2) is 57.4 Å². The fraction of sp³-hybridized carbons (Fsp3) is 0.784. The molecule has 0 amide bonds. The fourth-order valence-electron chi connectivity index (χ4n) is 6.66. The van der Waals surface area contributed by atoms with Gasteiger partial charge >= 0.3 is 0 Å². The number of fused-ring (bicyclic) bond motifs is 1. The number of hydroxylamine groups is 1. The van der Waals surface area contributed by atoms with E-state index in [0.29, 0.717) is 23.4 Å². The number of hydrogen-bond donors (Lipinski definition) is 3. The van der Waals surface area contributed by atoms with Crippen molar-refractivity contribution < 1.29 is 22.9 Å². The highest BCUT2D eigenvalue weighted by Gasteiger charge is 2.24. The van der Waals surface area contributed by atoms with Gasteiger partial charge in [0, 0.05) is 31.4 Å². The summed E-state index contributed by atoms with van der Waals surface area (Å²) in [6.45, 7) is 33.4. The lowest BCUT2D eigenvalue weighted by atomic mass is 9.78. The monoisotopic (exact) mass is 904 g/mol. The lowest BCUT2D eigenvalue weighted by Gasteiger charge is -2.34. The molecule has 1 unspecified atom stereocenters. The van der Waals surface area contributed by atoms with Gasteiger partial charge < -0.3 is 15.0 Å². The number of anilines is 2. The zero-order valence-electron chi connectivity index (χ0n) is 43.3. The average molecular weight is 904 g/mol. The summed E-state index contributed by atoms with van der Waals surface area (Å²) in [5.41, 5.74) is 10.3. The molecule has 2 aromatic rings. The molecule has 11 heteroatoms. The third-order valence-corrected chi connectivity index (χ3v) is 10.7. The maximum atomic E-state index is 12.8. The molecule has 0 radical (unpaired) electrons. The highest BCUT2D eigenvalue weighted by molar-refractivity contribution is 7.08. The van der Waals surface area contributed by atoms with E-state index in [-0.39, 0.29) is 5.82 Å². The summed E-state index contributed by atoms with van der Waals surface area (Å²) in [4.78, 5) is 18.3. The second kappa shape index (κ2) is 46.8. The Kier molecular flexibility index (Phi) is 50.1. The van der Waals surface area contributed by atoms with E-state index in [9.17, 15) is 18.0 Å². The van der Waals surface area contributed by atoms with Gasteiger partial charge in [-0.05, 0) is 131 Å². The zero-order valence-corrected chi connectivity index (χ0v) is 44.1. The van der Waals surface area contributed by atoms with Gasteiger partial charge in [0.1, 0.15) is 11.6 Å². The van der Waals surface area contributed by atoms with Gasteiger partial charge in [0.15, 0.2) is 0 Å². The van der Waals surface area contributed by atoms with E-state index in [1.807, 2.05) is 40.7 Å². The first-order valence-corrected chi connectivity index (χ1v) is 25.3. The van der Waals surface area contributed by atoms with Crippen LogP contribution in [0.25, 0.3) is 0 Å². The second-order valence-electron chi connectivity index (χ2n) is 16.6. The van der Waals surface area contributed by atoms with Crippen LogP contribution in [0.1, 0.15) is 192 Å². The molecule has 3 N–H and O–H groups in total. The van der Waals surface area contributed by atoms with E-state index in [1.54, 1.807) is 31.4 Å². The van der Waals surface area contributed by atoms with E-state index in [2.05, 4.69) is 106 Å². The summed E-state index contributed by atoms with van der Waals surface area (Å²) in [7, 11) is 3.97. The Morgan fingerprint density at radius 3 is 1.81 bits per heavy atom. The van der Waals surface area contributed by atoms with Crippen LogP contribution < -0.4 is 21.4 Å². The van der Waals surface area contributed by atoms with Crippen LogP contribution in [0, 0.1) is 36.4 Å². The summed E-state index contributed by atoms with van der Waals surface area (Å²) in [6.07, 6.45) is 17.4. The number of carbonyl (C=O) groups is 1. The fourth-order valence-corrected chi connectivity index (χ4v) is 7.54. The number of nitrogens with zero attached hydrogens (tertiary/aromatic N) is 2. The van der Waals surface area contributed by atoms with Gasteiger partial charge in [-0.25, -0.2) is 13.2 Å². The molecule has 4 rings (SSSR count). The molecule has 1 aromatic heterocycles. The number of likely N-dealkylation sites (tertiary alicyclic amines) is 1. The van der Waals surface area contributed by atoms with Crippen LogP contribution in [0.5, 0.6) is 0 Å². The molecule has 1 fully saturated rings. The number of carbonyl (C=O) groups excluding carboxylic acids is 1. The van der Waals surface area contributed by atoms with Crippen molar-refractivity contribution in [1.82, 2.24) is 16.0 Å². The number of thiophene rings is 1. The summed E-state index contributed by atoms with van der Waals surface area (Å²) < 4.78 is 32.0. The molecule has 3 heterocycles. The predicted octanol–water partition coefficient (Wildman–Crippen LogP) is 15.7. The van der Waals surface area contributed by atoms with Crippen LogP contribution in [0.15, 0.2) is 29.0 Å². The van der Waals surface area contributed by atoms with E-state index >= 15 is 0 Å². The molecule has 62 heavy (non-hydrogen) atoms. The van der Waals surface area contributed by atoms with Gasteiger partial charge in [0.2, 0.25) is 6.93 Å². The Morgan fingerprint density at radius 2 is 1.37 bits per heavy atom. The number of piperidine rings is 1. The smallest absolute Gasteiger partial charge is 0.229 e. The van der Waals surface area contributed by atoms with Crippen molar-refractivity contribution in [3.8, 4) is 0 Å². The summed E-state index contributed by atoms with van der Waals surface area (Å²) in [5, 5.41) is 9.18. The number of halogens is 3. The molecule has 7 nitrogen and oxygen atoms in total. The van der Waals surface area contributed by atoms with E-state index in [0.717, 1.165) is 62.0 Å². The number of hydrogen-bond acceptors (Lipinski definition) is 8. The predicted molar refractivity (Wildman–Crippen MR) is 270 cm³/mol. The SMILES string of the molecule is CC.CC.CC(=O)CCC(C)C.CCC.CCCC(CCC(C)C)C1CCN(C)CC1.CCCC(CCC)NONN1CCc2cscc21.CNc1ccc(C)cc1F.FCF.